The highest BCUT2D eigenvalue weighted by Gasteiger charge is 2.03. The van der Waals surface area contributed by atoms with Crippen LogP contribution in [0.3, 0.4) is 0 Å². The van der Waals surface area contributed by atoms with Crippen LogP contribution in [0.25, 0.3) is 0 Å². The lowest BCUT2D eigenvalue weighted by Crippen LogP contribution is -1.92. The lowest BCUT2D eigenvalue weighted by Gasteiger charge is -2.00. The third kappa shape index (κ3) is 4.29. The van der Waals surface area contributed by atoms with E-state index in [9.17, 15) is 4.79 Å². The molecule has 0 bridgehead atoms. The molecule has 0 fully saturated rings. The zero-order chi connectivity index (χ0) is 14.5. The van der Waals surface area contributed by atoms with Crippen LogP contribution in [0.5, 0.6) is 0 Å². The number of halogens is 3. The molecular formula is C15H9Cl3OS. The fourth-order valence-corrected chi connectivity index (χ4v) is 2.77. The topological polar surface area (TPSA) is 17.1 Å². The van der Waals surface area contributed by atoms with Crippen molar-refractivity contribution in [1.82, 2.24) is 0 Å². The van der Waals surface area contributed by atoms with Crippen molar-refractivity contribution in [2.45, 2.75) is 4.90 Å². The molecule has 0 saturated carbocycles. The largest absolute Gasteiger partial charge is 0.289 e. The van der Waals surface area contributed by atoms with Gasteiger partial charge in [-0.2, -0.15) is 0 Å². The van der Waals surface area contributed by atoms with Crippen molar-refractivity contribution >= 4 is 52.3 Å². The SMILES string of the molecule is O=C(C=CSc1cc(Cl)ccc1Cl)c1ccc(Cl)cc1. The minimum absolute atomic E-state index is 0.0904. The number of benzene rings is 2. The fraction of sp³-hybridized carbons (Fsp3) is 0. The molecule has 0 aliphatic heterocycles. The van der Waals surface area contributed by atoms with Gasteiger partial charge in [0.15, 0.2) is 5.78 Å². The summed E-state index contributed by atoms with van der Waals surface area (Å²) < 4.78 is 0. The highest BCUT2D eigenvalue weighted by Crippen LogP contribution is 2.30. The second-order valence-electron chi connectivity index (χ2n) is 3.87. The summed E-state index contributed by atoms with van der Waals surface area (Å²) in [5.41, 5.74) is 0.587. The summed E-state index contributed by atoms with van der Waals surface area (Å²) in [6.07, 6.45) is 1.49. The van der Waals surface area contributed by atoms with Gasteiger partial charge in [0.25, 0.3) is 0 Å². The molecule has 0 saturated heterocycles. The lowest BCUT2D eigenvalue weighted by atomic mass is 10.1. The summed E-state index contributed by atoms with van der Waals surface area (Å²) in [5, 5.41) is 3.50. The Labute approximate surface area is 136 Å². The van der Waals surface area contributed by atoms with Crippen molar-refractivity contribution in [1.29, 1.82) is 0 Å². The fourth-order valence-electron chi connectivity index (χ4n) is 1.45. The van der Waals surface area contributed by atoms with Crippen molar-refractivity contribution in [3.05, 3.63) is 74.6 Å². The number of allylic oxidation sites excluding steroid dienone is 1. The van der Waals surface area contributed by atoms with Crippen LogP contribution in [0.2, 0.25) is 15.1 Å². The molecule has 0 spiro atoms. The number of carbonyl (C=O) groups excluding carboxylic acids is 1. The first-order valence-electron chi connectivity index (χ1n) is 5.64. The van der Waals surface area contributed by atoms with Gasteiger partial charge < -0.3 is 0 Å². The summed E-state index contributed by atoms with van der Waals surface area (Å²) in [5.74, 6) is -0.0904. The number of rotatable bonds is 4. The van der Waals surface area contributed by atoms with E-state index in [2.05, 4.69) is 0 Å². The smallest absolute Gasteiger partial charge is 0.186 e. The third-order valence-corrected chi connectivity index (χ3v) is 4.23. The number of hydrogen-bond acceptors (Lipinski definition) is 2. The first-order valence-corrected chi connectivity index (χ1v) is 7.66. The molecular weight excluding hydrogens is 335 g/mol. The molecule has 0 N–H and O–H groups in total. The standard InChI is InChI=1S/C15H9Cl3OS/c16-11-3-1-10(2-4-11)14(19)7-8-20-15-9-12(17)5-6-13(15)18/h1-9H. The Hall–Kier alpha value is -0.930. The van der Waals surface area contributed by atoms with Gasteiger partial charge in [0, 0.05) is 20.5 Å². The Morgan fingerprint density at radius 1 is 0.950 bits per heavy atom. The minimum Gasteiger partial charge on any atom is -0.289 e. The van der Waals surface area contributed by atoms with E-state index in [0.29, 0.717) is 20.6 Å². The summed E-state index contributed by atoms with van der Waals surface area (Å²) in [6, 6.07) is 11.9. The summed E-state index contributed by atoms with van der Waals surface area (Å²) in [6.45, 7) is 0. The summed E-state index contributed by atoms with van der Waals surface area (Å²) >= 11 is 19.0. The predicted molar refractivity (Wildman–Crippen MR) is 87.2 cm³/mol. The van der Waals surface area contributed by atoms with Crippen LogP contribution >= 0.6 is 46.6 Å². The van der Waals surface area contributed by atoms with E-state index in [0.717, 1.165) is 4.90 Å². The predicted octanol–water partition coefficient (Wildman–Crippen LogP) is 6.14. The highest BCUT2D eigenvalue weighted by atomic mass is 35.5. The zero-order valence-electron chi connectivity index (χ0n) is 10.1. The Balaban J connectivity index is 2.04. The van der Waals surface area contributed by atoms with E-state index in [1.54, 1.807) is 47.9 Å². The molecule has 2 rings (SSSR count). The summed E-state index contributed by atoms with van der Waals surface area (Å²) in [7, 11) is 0. The van der Waals surface area contributed by atoms with Gasteiger partial charge in [-0.05, 0) is 53.9 Å². The second-order valence-corrected chi connectivity index (χ2v) is 6.09. The van der Waals surface area contributed by atoms with Crippen molar-refractivity contribution in [2.75, 3.05) is 0 Å². The molecule has 1 nitrogen and oxygen atoms in total. The van der Waals surface area contributed by atoms with Crippen LogP contribution in [-0.2, 0) is 0 Å². The third-order valence-electron chi connectivity index (χ3n) is 2.44. The molecule has 0 aliphatic rings. The molecule has 0 radical (unpaired) electrons. The van der Waals surface area contributed by atoms with Gasteiger partial charge in [-0.3, -0.25) is 4.79 Å². The maximum Gasteiger partial charge on any atom is 0.186 e. The maximum absolute atomic E-state index is 11.9. The Kier molecular flexibility index (Phi) is 5.55. The molecule has 102 valence electrons. The lowest BCUT2D eigenvalue weighted by molar-refractivity contribution is 0.104. The number of thioether (sulfide) groups is 1. The van der Waals surface area contributed by atoms with E-state index in [-0.39, 0.29) is 5.78 Å². The molecule has 0 heterocycles. The number of ketones is 1. The van der Waals surface area contributed by atoms with Gasteiger partial charge in [-0.15, -0.1) is 0 Å². The normalized spacial score (nSPS) is 10.9. The quantitative estimate of drug-likeness (QED) is 0.377. The van der Waals surface area contributed by atoms with E-state index in [1.165, 1.54) is 17.8 Å². The average molecular weight is 344 g/mol. The van der Waals surface area contributed by atoms with Gasteiger partial charge in [0.05, 0.1) is 5.02 Å². The van der Waals surface area contributed by atoms with Crippen LogP contribution in [0.15, 0.2) is 58.8 Å². The van der Waals surface area contributed by atoms with Crippen LogP contribution in [0.1, 0.15) is 10.4 Å². The average Bonchev–Trinajstić information content (AvgIpc) is 2.43. The van der Waals surface area contributed by atoms with Crippen molar-refractivity contribution in [3.63, 3.8) is 0 Å². The first kappa shape index (κ1) is 15.5. The van der Waals surface area contributed by atoms with Gasteiger partial charge in [-0.25, -0.2) is 0 Å². The van der Waals surface area contributed by atoms with E-state index >= 15 is 0 Å². The molecule has 2 aromatic rings. The number of hydrogen-bond donors (Lipinski definition) is 0. The first-order chi connectivity index (χ1) is 9.56. The number of carbonyl (C=O) groups is 1. The van der Waals surface area contributed by atoms with E-state index < -0.39 is 0 Å². The van der Waals surface area contributed by atoms with Crippen molar-refractivity contribution < 1.29 is 4.79 Å². The Bertz CT molecular complexity index is 651. The molecule has 0 aliphatic carbocycles. The molecule has 2 aromatic carbocycles. The van der Waals surface area contributed by atoms with Crippen molar-refractivity contribution in [3.8, 4) is 0 Å². The van der Waals surface area contributed by atoms with Gasteiger partial charge >= 0.3 is 0 Å². The zero-order valence-corrected chi connectivity index (χ0v) is 13.2. The van der Waals surface area contributed by atoms with Crippen LogP contribution in [0, 0.1) is 0 Å². The highest BCUT2D eigenvalue weighted by molar-refractivity contribution is 8.02. The second kappa shape index (κ2) is 7.19. The molecule has 5 heteroatoms. The molecule has 0 atom stereocenters. The molecule has 0 unspecified atom stereocenters. The molecule has 20 heavy (non-hydrogen) atoms. The molecule has 0 amide bonds. The molecule has 0 aromatic heterocycles. The van der Waals surface area contributed by atoms with E-state index in [4.69, 9.17) is 34.8 Å². The van der Waals surface area contributed by atoms with Gasteiger partial charge in [0.2, 0.25) is 0 Å². The van der Waals surface area contributed by atoms with Crippen LogP contribution < -0.4 is 0 Å². The van der Waals surface area contributed by atoms with Crippen LogP contribution in [-0.4, -0.2) is 5.78 Å². The van der Waals surface area contributed by atoms with Gasteiger partial charge in [0.1, 0.15) is 0 Å². The van der Waals surface area contributed by atoms with Crippen molar-refractivity contribution in [2.24, 2.45) is 0 Å². The minimum atomic E-state index is -0.0904. The van der Waals surface area contributed by atoms with Gasteiger partial charge in [-0.1, -0.05) is 46.6 Å². The summed E-state index contributed by atoms with van der Waals surface area (Å²) in [4.78, 5) is 12.7. The Morgan fingerprint density at radius 2 is 1.60 bits per heavy atom. The maximum atomic E-state index is 11.9. The van der Waals surface area contributed by atoms with Crippen LogP contribution in [0.4, 0.5) is 0 Å². The Morgan fingerprint density at radius 3 is 2.30 bits per heavy atom. The monoisotopic (exact) mass is 342 g/mol. The van der Waals surface area contributed by atoms with E-state index in [1.807, 2.05) is 0 Å².